The average Bonchev–Trinajstić information content (AvgIpc) is 0.901. The summed E-state index contributed by atoms with van der Waals surface area (Å²) < 4.78 is 33.7. The molecular weight excluding hydrogens is 1400 g/mol. The Morgan fingerprint density at radius 3 is 1.08 bits per heavy atom. The minimum absolute atomic E-state index is 0.112. The molecule has 0 bridgehead atoms. The topological polar surface area (TPSA) is 257 Å². The van der Waals surface area contributed by atoms with Crippen molar-refractivity contribution >= 4 is 17.6 Å². The van der Waals surface area contributed by atoms with Gasteiger partial charge in [-0.15, -0.1) is 0 Å². The van der Waals surface area contributed by atoms with Crippen molar-refractivity contribution in [1.82, 2.24) is 4.90 Å². The molecule has 7 aromatic rings. The number of carbonyl (C=O) groups is 3. The number of aliphatic hydroxyl groups excluding tert-OH is 6. The Labute approximate surface area is 667 Å². The lowest BCUT2D eigenvalue weighted by molar-refractivity contribution is -0.129. The number of nitrogens with zero attached hydrogens (tertiary/aromatic N) is 1. The number of Topliss-reactive ketones (excluding diaryl/α,β-unsaturated/α-hetero) is 1. The molecule has 0 aliphatic carbocycles. The molecular formula is C94H140N2O15. The first-order valence-corrected chi connectivity index (χ1v) is 41.0. The van der Waals surface area contributed by atoms with E-state index in [1.807, 2.05) is 175 Å². The SMILES string of the molecule is CCCC(O)c1cccc(OCCCC(=O)CC)c1.CCCC(O)c1cccc(OCCCC(=O)N(C)C)c1.CCCC(O)c1cccc(OCCCC(N)=O)c1.CCCCc1cccc(OCC(O)C(C)C)c1.CCCCc1cccc(OCC(O)c2ccccc2)c1.CCCCc1cccc(OCCCCCO)c1. The van der Waals surface area contributed by atoms with Gasteiger partial charge in [-0.2, -0.15) is 0 Å². The van der Waals surface area contributed by atoms with Crippen LogP contribution >= 0.6 is 0 Å². The summed E-state index contributed by atoms with van der Waals surface area (Å²) in [5.41, 5.74) is 12.5. The summed E-state index contributed by atoms with van der Waals surface area (Å²) in [6.45, 7) is 21.8. The standard InChI is InChI=1S/C18H22O2.C16H25NO3.C16H24O3.2C15H24O2.C14H21NO3/c1-2-3-8-15-9-7-12-17(13-15)20-14-18(19)16-10-5-4-6-11-16;1-4-7-15(18)13-8-5-9-14(12-13)20-11-6-10-16(19)17(2)3;1-3-7-16(18)13-8-5-10-15(12-13)19-11-6-9-14(17)4-2;1-4-5-7-13-8-6-9-14(10-13)17-11-15(16)12(2)3;1-2-3-8-14-9-7-10-15(13-14)17-12-6-4-5-11-16;1-2-5-13(16)11-6-3-7-12(10-11)18-9-4-8-14(15)17/h4-7,9-13,18-19H,2-3,8,14H2,1H3;5,8-9,12,15,18H,4,6-7,10-11H2,1-3H3;5,8,10,12,16,18H,3-4,6-7,9,11H2,1-2H3;6,8-10,12,15-16H,4-5,7,11H2,1-3H3;7,9-10,13,16H,2-6,8,11-12H2,1H3;3,6-7,10,13,16H,2,4-5,8-9H2,1H3,(H2,15,17). The van der Waals surface area contributed by atoms with Gasteiger partial charge in [-0.05, 0) is 214 Å². The molecule has 5 atom stereocenters. The number of ketones is 1. The summed E-state index contributed by atoms with van der Waals surface area (Å²) in [6.07, 6.45) is 20.3. The van der Waals surface area contributed by atoms with Crippen LogP contribution in [0, 0.1) is 5.92 Å². The number of hydrogen-bond acceptors (Lipinski definition) is 15. The van der Waals surface area contributed by atoms with Crippen LogP contribution in [0.2, 0.25) is 0 Å². The molecule has 0 saturated heterocycles. The Morgan fingerprint density at radius 2 is 0.721 bits per heavy atom. The molecule has 5 unspecified atom stereocenters. The Hall–Kier alpha value is -8.29. The van der Waals surface area contributed by atoms with Crippen molar-refractivity contribution in [2.45, 2.75) is 253 Å². The molecule has 0 aromatic heterocycles. The number of nitrogens with two attached hydrogens (primary N) is 1. The second-order valence-corrected chi connectivity index (χ2v) is 28.4. The number of amides is 2. The highest BCUT2D eigenvalue weighted by Crippen LogP contribution is 2.27. The number of hydrogen-bond donors (Lipinski definition) is 7. The zero-order chi connectivity index (χ0) is 81.7. The van der Waals surface area contributed by atoms with Gasteiger partial charge in [0.05, 0.1) is 50.8 Å². The Kier molecular flexibility index (Phi) is 56.3. The van der Waals surface area contributed by atoms with Gasteiger partial charge >= 0.3 is 0 Å². The van der Waals surface area contributed by atoms with Crippen molar-refractivity contribution in [1.29, 1.82) is 0 Å². The maximum Gasteiger partial charge on any atom is 0.222 e. The molecule has 0 saturated carbocycles. The third-order valence-corrected chi connectivity index (χ3v) is 17.8. The minimum atomic E-state index is -0.588. The van der Waals surface area contributed by atoms with Crippen molar-refractivity contribution in [2.24, 2.45) is 11.7 Å². The smallest absolute Gasteiger partial charge is 0.222 e. The van der Waals surface area contributed by atoms with Crippen molar-refractivity contribution in [2.75, 3.05) is 60.3 Å². The predicted octanol–water partition coefficient (Wildman–Crippen LogP) is 19.7. The second kappa shape index (κ2) is 63.2. The molecule has 0 fully saturated rings. The first-order valence-electron chi connectivity index (χ1n) is 41.0. The lowest BCUT2D eigenvalue weighted by atomic mass is 10.1. The number of rotatable bonds is 48. The summed E-state index contributed by atoms with van der Waals surface area (Å²) in [7, 11) is 3.50. The van der Waals surface area contributed by atoms with Gasteiger partial charge in [0, 0.05) is 46.4 Å². The summed E-state index contributed by atoms with van der Waals surface area (Å²) in [5.74, 6) is 5.19. The molecule has 0 aliphatic rings. The van der Waals surface area contributed by atoms with Crippen molar-refractivity contribution in [3.8, 4) is 34.5 Å². The van der Waals surface area contributed by atoms with Crippen molar-refractivity contribution < 1.29 is 73.4 Å². The van der Waals surface area contributed by atoms with E-state index < -0.39 is 30.5 Å². The minimum Gasteiger partial charge on any atom is -0.494 e. The Bertz CT molecular complexity index is 3480. The van der Waals surface area contributed by atoms with E-state index in [4.69, 9.17) is 39.3 Å². The Morgan fingerprint density at radius 1 is 0.369 bits per heavy atom. The number of benzene rings is 7. The van der Waals surface area contributed by atoms with Gasteiger partial charge in [-0.1, -0.05) is 204 Å². The molecule has 0 radical (unpaired) electrons. The van der Waals surface area contributed by atoms with Crippen LogP contribution in [0.5, 0.6) is 34.5 Å². The highest BCUT2D eigenvalue weighted by molar-refractivity contribution is 5.78. The summed E-state index contributed by atoms with van der Waals surface area (Å²) in [6, 6.07) is 56.8. The third-order valence-electron chi connectivity index (χ3n) is 17.8. The zero-order valence-electron chi connectivity index (χ0n) is 69.2. The maximum absolute atomic E-state index is 11.4. The lowest BCUT2D eigenvalue weighted by Gasteiger charge is -2.15. The van der Waals surface area contributed by atoms with Crippen molar-refractivity contribution in [3.63, 3.8) is 0 Å². The van der Waals surface area contributed by atoms with Crippen molar-refractivity contribution in [3.05, 3.63) is 215 Å². The molecule has 0 spiro atoms. The van der Waals surface area contributed by atoms with E-state index in [1.54, 1.807) is 19.0 Å². The fourth-order valence-electron chi connectivity index (χ4n) is 10.9. The van der Waals surface area contributed by atoms with E-state index in [0.29, 0.717) is 70.7 Å². The van der Waals surface area contributed by atoms with Gasteiger partial charge in [-0.3, -0.25) is 14.4 Å². The highest BCUT2D eigenvalue weighted by atomic mass is 16.5. The number of carbonyl (C=O) groups excluding carboxylic acids is 3. The van der Waals surface area contributed by atoms with Crippen LogP contribution in [0.1, 0.15) is 267 Å². The zero-order valence-corrected chi connectivity index (χ0v) is 69.2. The van der Waals surface area contributed by atoms with E-state index in [-0.39, 0.29) is 36.7 Å². The highest BCUT2D eigenvalue weighted by Gasteiger charge is 2.14. The monoisotopic (exact) mass is 1540 g/mol. The van der Waals surface area contributed by atoms with E-state index in [1.165, 1.54) is 55.2 Å². The van der Waals surface area contributed by atoms with Gasteiger partial charge < -0.3 is 69.7 Å². The van der Waals surface area contributed by atoms with E-state index in [2.05, 4.69) is 63.2 Å². The fourth-order valence-corrected chi connectivity index (χ4v) is 10.9. The largest absolute Gasteiger partial charge is 0.494 e. The van der Waals surface area contributed by atoms with Gasteiger partial charge in [0.15, 0.2) is 0 Å². The van der Waals surface area contributed by atoms with E-state index >= 15 is 0 Å². The number of aryl methyl sites for hydroxylation is 3. The third kappa shape index (κ3) is 48.3. The molecule has 0 aliphatic heterocycles. The molecule has 8 N–H and O–H groups in total. The first-order chi connectivity index (χ1) is 53.6. The quantitative estimate of drug-likeness (QED) is 0.0175. The predicted molar refractivity (Wildman–Crippen MR) is 451 cm³/mol. The molecule has 7 rings (SSSR count). The first kappa shape index (κ1) is 98.8. The van der Waals surface area contributed by atoms with E-state index in [0.717, 1.165) is 141 Å². The van der Waals surface area contributed by atoms with Gasteiger partial charge in [0.1, 0.15) is 59.6 Å². The molecule has 17 heteroatoms. The van der Waals surface area contributed by atoms with Crippen LogP contribution in [0.15, 0.2) is 176 Å². The fraction of sp³-hybridized carbons (Fsp3) is 0.521. The molecule has 616 valence electrons. The maximum atomic E-state index is 11.4. The Balaban J connectivity index is 0.000000453. The van der Waals surface area contributed by atoms with Crippen LogP contribution in [-0.4, -0.2) is 120 Å². The van der Waals surface area contributed by atoms with Gasteiger partial charge in [0.25, 0.3) is 0 Å². The summed E-state index contributed by atoms with van der Waals surface area (Å²) in [4.78, 5) is 34.7. The number of primary amides is 1. The van der Waals surface area contributed by atoms with Crippen LogP contribution in [0.25, 0.3) is 0 Å². The van der Waals surface area contributed by atoms with Gasteiger partial charge in [0.2, 0.25) is 11.8 Å². The number of aliphatic hydroxyl groups is 6. The summed E-state index contributed by atoms with van der Waals surface area (Å²) in [5, 5.41) is 58.1. The van der Waals surface area contributed by atoms with Crippen LogP contribution < -0.4 is 34.2 Å². The van der Waals surface area contributed by atoms with E-state index in [9.17, 15) is 39.9 Å². The van der Waals surface area contributed by atoms with Crippen LogP contribution in [0.3, 0.4) is 0 Å². The number of ether oxygens (including phenoxy) is 6. The molecule has 0 heterocycles. The van der Waals surface area contributed by atoms with Crippen LogP contribution in [0.4, 0.5) is 0 Å². The lowest BCUT2D eigenvalue weighted by Crippen LogP contribution is -2.23. The second-order valence-electron chi connectivity index (χ2n) is 28.4. The average molecular weight is 1540 g/mol. The summed E-state index contributed by atoms with van der Waals surface area (Å²) >= 11 is 0. The molecule has 17 nitrogen and oxygen atoms in total. The molecule has 2 amide bonds. The van der Waals surface area contributed by atoms with Gasteiger partial charge in [-0.25, -0.2) is 0 Å². The normalized spacial score (nSPS) is 11.9. The molecule has 111 heavy (non-hydrogen) atoms. The van der Waals surface area contributed by atoms with Crippen LogP contribution in [-0.2, 0) is 33.6 Å². The molecule has 7 aromatic carbocycles. The number of unbranched alkanes of at least 4 members (excludes halogenated alkanes) is 5.